The molecule has 1 rings (SSSR count). The Bertz CT molecular complexity index is 532. The van der Waals surface area contributed by atoms with E-state index in [1.165, 1.54) is 0 Å². The maximum absolute atomic E-state index is 12.1. The van der Waals surface area contributed by atoms with E-state index in [-0.39, 0.29) is 5.75 Å². The van der Waals surface area contributed by atoms with Gasteiger partial charge in [0.05, 0.1) is 11.3 Å². The second-order valence-corrected chi connectivity index (χ2v) is 7.21. The van der Waals surface area contributed by atoms with Crippen LogP contribution in [0.3, 0.4) is 0 Å². The van der Waals surface area contributed by atoms with Gasteiger partial charge in [-0.2, -0.15) is 4.31 Å². The first-order valence-corrected chi connectivity index (χ1v) is 7.55. The summed E-state index contributed by atoms with van der Waals surface area (Å²) in [5, 5.41) is 9.09. The summed E-state index contributed by atoms with van der Waals surface area (Å²) in [6, 6.07) is 9.12. The summed E-state index contributed by atoms with van der Waals surface area (Å²) in [7, 11) is -3.84. The lowest BCUT2D eigenvalue weighted by molar-refractivity contribution is 0.146. The molecule has 0 bridgehead atoms. The van der Waals surface area contributed by atoms with Crippen molar-refractivity contribution in [2.24, 2.45) is 0 Å². The van der Waals surface area contributed by atoms with Crippen LogP contribution in [0, 0.1) is 0 Å². The van der Waals surface area contributed by atoms with Crippen molar-refractivity contribution >= 4 is 16.1 Å². The largest absolute Gasteiger partial charge is 0.464 e. The fourth-order valence-corrected chi connectivity index (χ4v) is 3.55. The third kappa shape index (κ3) is 4.24. The second-order valence-electron chi connectivity index (χ2n) is 5.27. The van der Waals surface area contributed by atoms with Gasteiger partial charge < -0.3 is 5.11 Å². The van der Waals surface area contributed by atoms with Gasteiger partial charge in [-0.15, -0.1) is 0 Å². The van der Waals surface area contributed by atoms with Crippen LogP contribution in [-0.2, 0) is 16.4 Å². The molecule has 0 aromatic heterocycles. The number of nitrogens with zero attached hydrogens (tertiary/aromatic N) is 1. The van der Waals surface area contributed by atoms with Gasteiger partial charge in [-0.25, -0.2) is 13.2 Å². The number of benzene rings is 1. The monoisotopic (exact) mass is 285 g/mol. The molecule has 0 aliphatic heterocycles. The molecule has 0 aliphatic rings. The van der Waals surface area contributed by atoms with Crippen molar-refractivity contribution in [3.05, 3.63) is 35.9 Å². The smallest absolute Gasteiger partial charge is 0.421 e. The Balaban J connectivity index is 2.88. The van der Waals surface area contributed by atoms with Crippen LogP contribution in [0.5, 0.6) is 0 Å². The Kier molecular flexibility index (Phi) is 4.57. The highest BCUT2D eigenvalue weighted by molar-refractivity contribution is 7.89. The molecule has 106 valence electrons. The molecular weight excluding hydrogens is 266 g/mol. The molecule has 0 fully saturated rings. The van der Waals surface area contributed by atoms with E-state index in [1.54, 1.807) is 20.8 Å². The molecule has 0 spiro atoms. The number of rotatable bonds is 4. The summed E-state index contributed by atoms with van der Waals surface area (Å²) in [6.07, 6.45) is -1.15. The van der Waals surface area contributed by atoms with Crippen LogP contribution in [0.25, 0.3) is 0 Å². The highest BCUT2D eigenvalue weighted by atomic mass is 32.2. The topological polar surface area (TPSA) is 74.7 Å². The normalized spacial score (nSPS) is 12.2. The molecule has 1 aromatic rings. The lowest BCUT2D eigenvalue weighted by atomic mass is 10.1. The highest BCUT2D eigenvalue weighted by Gasteiger charge is 2.36. The number of sulfonamides is 1. The van der Waals surface area contributed by atoms with Crippen molar-refractivity contribution in [2.45, 2.75) is 32.7 Å². The summed E-state index contributed by atoms with van der Waals surface area (Å²) in [5.41, 5.74) is -0.119. The van der Waals surface area contributed by atoms with Crippen LogP contribution < -0.4 is 0 Å². The van der Waals surface area contributed by atoms with Crippen molar-refractivity contribution in [2.75, 3.05) is 5.75 Å². The molecule has 0 saturated heterocycles. The molecule has 1 N–H and O–H groups in total. The van der Waals surface area contributed by atoms with E-state index in [2.05, 4.69) is 0 Å². The minimum atomic E-state index is -3.84. The molecule has 5 nitrogen and oxygen atoms in total. The number of carbonyl (C=O) groups is 1. The van der Waals surface area contributed by atoms with E-state index in [0.717, 1.165) is 5.56 Å². The number of amides is 1. The van der Waals surface area contributed by atoms with Gasteiger partial charge in [-0.05, 0) is 32.8 Å². The molecule has 0 heterocycles. The van der Waals surface area contributed by atoms with Gasteiger partial charge >= 0.3 is 6.09 Å². The van der Waals surface area contributed by atoms with Gasteiger partial charge in [-0.1, -0.05) is 30.3 Å². The molecule has 1 amide bonds. The van der Waals surface area contributed by atoms with Gasteiger partial charge in [0.2, 0.25) is 10.0 Å². The van der Waals surface area contributed by atoms with E-state index in [1.807, 2.05) is 30.3 Å². The Labute approximate surface area is 113 Å². The van der Waals surface area contributed by atoms with Gasteiger partial charge in [0, 0.05) is 0 Å². The van der Waals surface area contributed by atoms with E-state index < -0.39 is 21.7 Å². The molecule has 19 heavy (non-hydrogen) atoms. The number of aryl methyl sites for hydroxylation is 1. The fraction of sp³-hybridized carbons (Fsp3) is 0.462. The summed E-state index contributed by atoms with van der Waals surface area (Å²) in [6.45, 7) is 4.67. The molecule has 0 radical (unpaired) electrons. The molecule has 0 aliphatic carbocycles. The summed E-state index contributed by atoms with van der Waals surface area (Å²) < 4.78 is 24.8. The predicted molar refractivity (Wildman–Crippen MR) is 73.5 cm³/mol. The Morgan fingerprint density at radius 2 is 1.74 bits per heavy atom. The first kappa shape index (κ1) is 15.5. The van der Waals surface area contributed by atoms with Crippen LogP contribution in [0.15, 0.2) is 30.3 Å². The lowest BCUT2D eigenvalue weighted by Gasteiger charge is -2.31. The first-order chi connectivity index (χ1) is 8.64. The molecule has 6 heteroatoms. The zero-order valence-electron chi connectivity index (χ0n) is 11.3. The third-order valence-corrected chi connectivity index (χ3v) is 4.53. The van der Waals surface area contributed by atoms with Crippen molar-refractivity contribution in [3.8, 4) is 0 Å². The SMILES string of the molecule is CC(C)(C)N(C(=O)O)S(=O)(=O)CCc1ccccc1. The maximum atomic E-state index is 12.1. The third-order valence-electron chi connectivity index (χ3n) is 2.55. The lowest BCUT2D eigenvalue weighted by Crippen LogP contribution is -2.49. The van der Waals surface area contributed by atoms with Gasteiger partial charge in [-0.3, -0.25) is 0 Å². The van der Waals surface area contributed by atoms with Crippen molar-refractivity contribution < 1.29 is 18.3 Å². The molecule has 0 unspecified atom stereocenters. The van der Waals surface area contributed by atoms with Crippen LogP contribution in [-0.4, -0.2) is 35.2 Å². The summed E-state index contributed by atoms with van der Waals surface area (Å²) in [4.78, 5) is 11.2. The average molecular weight is 285 g/mol. The summed E-state index contributed by atoms with van der Waals surface area (Å²) in [5.74, 6) is -0.222. The summed E-state index contributed by atoms with van der Waals surface area (Å²) >= 11 is 0. The second kappa shape index (κ2) is 5.61. The van der Waals surface area contributed by atoms with Crippen LogP contribution >= 0.6 is 0 Å². The Hall–Kier alpha value is -1.56. The van der Waals surface area contributed by atoms with Gasteiger partial charge in [0.15, 0.2) is 0 Å². The van der Waals surface area contributed by atoms with Gasteiger partial charge in [0.1, 0.15) is 0 Å². The number of hydrogen-bond acceptors (Lipinski definition) is 3. The zero-order chi connectivity index (χ0) is 14.7. The number of hydrogen-bond donors (Lipinski definition) is 1. The molecular formula is C13H19NO4S. The minimum absolute atomic E-state index is 0.222. The molecule has 1 aromatic carbocycles. The van der Waals surface area contributed by atoms with E-state index >= 15 is 0 Å². The standard InChI is InChI=1S/C13H19NO4S/c1-13(2,3)14(12(15)16)19(17,18)10-9-11-7-5-4-6-8-11/h4-8H,9-10H2,1-3H3,(H,15,16). The van der Waals surface area contributed by atoms with Crippen molar-refractivity contribution in [1.82, 2.24) is 4.31 Å². The Morgan fingerprint density at radius 1 is 1.21 bits per heavy atom. The first-order valence-electron chi connectivity index (χ1n) is 5.94. The van der Waals surface area contributed by atoms with Crippen LogP contribution in [0.2, 0.25) is 0 Å². The quantitative estimate of drug-likeness (QED) is 0.921. The van der Waals surface area contributed by atoms with E-state index in [9.17, 15) is 13.2 Å². The Morgan fingerprint density at radius 3 is 2.16 bits per heavy atom. The minimum Gasteiger partial charge on any atom is -0.464 e. The van der Waals surface area contributed by atoms with Crippen LogP contribution in [0.4, 0.5) is 4.79 Å². The number of carboxylic acid groups (broad SMARTS) is 1. The van der Waals surface area contributed by atoms with E-state index in [0.29, 0.717) is 10.7 Å². The van der Waals surface area contributed by atoms with Crippen molar-refractivity contribution in [3.63, 3.8) is 0 Å². The van der Waals surface area contributed by atoms with E-state index in [4.69, 9.17) is 5.11 Å². The average Bonchev–Trinajstić information content (AvgIpc) is 2.24. The van der Waals surface area contributed by atoms with Crippen molar-refractivity contribution in [1.29, 1.82) is 0 Å². The van der Waals surface area contributed by atoms with Crippen LogP contribution in [0.1, 0.15) is 26.3 Å². The highest BCUT2D eigenvalue weighted by Crippen LogP contribution is 2.19. The fourth-order valence-electron chi connectivity index (χ4n) is 1.81. The van der Waals surface area contributed by atoms with Gasteiger partial charge in [0.25, 0.3) is 0 Å². The maximum Gasteiger partial charge on any atom is 0.421 e. The molecule has 0 atom stereocenters. The molecule has 0 saturated carbocycles. The zero-order valence-corrected chi connectivity index (χ0v) is 12.1. The predicted octanol–water partition coefficient (Wildman–Crippen LogP) is 2.34.